The molecule has 2 aromatic rings. The lowest BCUT2D eigenvalue weighted by molar-refractivity contribution is 0.642. The second-order valence-corrected chi connectivity index (χ2v) is 7.60. The predicted molar refractivity (Wildman–Crippen MR) is 86.5 cm³/mol. The van der Waals surface area contributed by atoms with E-state index in [1.807, 2.05) is 11.3 Å². The summed E-state index contributed by atoms with van der Waals surface area (Å²) in [6.45, 7) is 7.27. The van der Waals surface area contributed by atoms with Crippen LogP contribution < -0.4 is 4.90 Å². The quantitative estimate of drug-likeness (QED) is 0.840. The van der Waals surface area contributed by atoms with Crippen molar-refractivity contribution in [2.24, 2.45) is 0 Å². The zero-order valence-electron chi connectivity index (χ0n) is 11.9. The van der Waals surface area contributed by atoms with Gasteiger partial charge in [-0.25, -0.2) is 0 Å². The zero-order valence-corrected chi connectivity index (χ0v) is 14.3. The van der Waals surface area contributed by atoms with Gasteiger partial charge < -0.3 is 4.90 Å². The average Bonchev–Trinajstić information content (AvgIpc) is 3.00. The van der Waals surface area contributed by atoms with Crippen LogP contribution >= 0.6 is 27.3 Å². The molecular weight excluding hydrogens is 336 g/mol. The van der Waals surface area contributed by atoms with Crippen LogP contribution in [0, 0.1) is 0 Å². The summed E-state index contributed by atoms with van der Waals surface area (Å²) >= 11 is 5.45. The lowest BCUT2D eigenvalue weighted by Crippen LogP contribution is -2.32. The highest BCUT2D eigenvalue weighted by atomic mass is 79.9. The molecule has 0 aromatic carbocycles. The fourth-order valence-electron chi connectivity index (χ4n) is 2.76. The summed E-state index contributed by atoms with van der Waals surface area (Å²) in [6, 6.07) is 2.24. The van der Waals surface area contributed by atoms with E-state index >= 15 is 0 Å². The summed E-state index contributed by atoms with van der Waals surface area (Å²) in [5.41, 5.74) is 1.43. The van der Waals surface area contributed by atoms with Gasteiger partial charge in [0.05, 0.1) is 3.79 Å². The number of nitrogens with zero attached hydrogens (tertiary/aromatic N) is 4. The molecule has 0 aliphatic carbocycles. The van der Waals surface area contributed by atoms with Gasteiger partial charge in [-0.2, -0.15) is 0 Å². The lowest BCUT2D eigenvalue weighted by atomic mass is 10.1. The molecule has 20 heavy (non-hydrogen) atoms. The van der Waals surface area contributed by atoms with E-state index < -0.39 is 0 Å². The Morgan fingerprint density at radius 3 is 2.95 bits per heavy atom. The summed E-state index contributed by atoms with van der Waals surface area (Å²) in [7, 11) is 0. The van der Waals surface area contributed by atoms with E-state index in [2.05, 4.69) is 55.5 Å². The maximum atomic E-state index is 4.44. The Morgan fingerprint density at radius 1 is 1.35 bits per heavy atom. The molecule has 3 rings (SSSR count). The number of aryl methyl sites for hydroxylation is 1. The minimum absolute atomic E-state index is 0.939. The van der Waals surface area contributed by atoms with Crippen molar-refractivity contribution in [3.63, 3.8) is 0 Å². The van der Waals surface area contributed by atoms with Crippen LogP contribution in [-0.4, -0.2) is 21.3 Å². The average molecular weight is 355 g/mol. The third kappa shape index (κ3) is 2.51. The maximum Gasteiger partial charge on any atom is 0.227 e. The molecule has 1 aliphatic heterocycles. The van der Waals surface area contributed by atoms with Gasteiger partial charge in [-0.3, -0.25) is 4.57 Å². The zero-order chi connectivity index (χ0) is 14.1. The standard InChI is InChI=1S/C14H19BrN4S/c1-3-5-13-16-17-14(19(13)4-2)18-7-6-11-10(9-18)8-12(15)20-11/h8H,3-7,9H2,1-2H3. The third-order valence-electron chi connectivity index (χ3n) is 3.72. The second kappa shape index (κ2) is 5.85. The molecule has 0 radical (unpaired) electrons. The van der Waals surface area contributed by atoms with E-state index in [0.29, 0.717) is 0 Å². The van der Waals surface area contributed by atoms with Gasteiger partial charge in [0, 0.05) is 30.9 Å². The van der Waals surface area contributed by atoms with E-state index in [1.54, 1.807) is 0 Å². The summed E-state index contributed by atoms with van der Waals surface area (Å²) in [4.78, 5) is 3.86. The summed E-state index contributed by atoms with van der Waals surface area (Å²) in [6.07, 6.45) is 3.22. The Balaban J connectivity index is 1.87. The van der Waals surface area contributed by atoms with Crippen LogP contribution in [-0.2, 0) is 25.9 Å². The molecule has 0 spiro atoms. The van der Waals surface area contributed by atoms with Crippen LogP contribution in [0.5, 0.6) is 0 Å². The molecule has 0 bridgehead atoms. The predicted octanol–water partition coefficient (Wildman–Crippen LogP) is 3.64. The monoisotopic (exact) mass is 354 g/mol. The topological polar surface area (TPSA) is 34.0 Å². The normalized spacial score (nSPS) is 14.7. The molecule has 0 fully saturated rings. The Bertz CT molecular complexity index is 604. The number of rotatable bonds is 4. The summed E-state index contributed by atoms with van der Waals surface area (Å²) < 4.78 is 3.49. The fourth-order valence-corrected chi connectivity index (χ4v) is 4.51. The van der Waals surface area contributed by atoms with Crippen LogP contribution in [0.15, 0.2) is 9.85 Å². The van der Waals surface area contributed by atoms with Crippen molar-refractivity contribution in [3.8, 4) is 0 Å². The molecule has 0 amide bonds. The highest BCUT2D eigenvalue weighted by Crippen LogP contribution is 2.32. The van der Waals surface area contributed by atoms with E-state index in [0.717, 1.165) is 50.7 Å². The van der Waals surface area contributed by atoms with Crippen molar-refractivity contribution in [2.75, 3.05) is 11.4 Å². The van der Waals surface area contributed by atoms with Crippen LogP contribution in [0.3, 0.4) is 0 Å². The van der Waals surface area contributed by atoms with E-state index in [9.17, 15) is 0 Å². The summed E-state index contributed by atoms with van der Waals surface area (Å²) in [5, 5.41) is 8.82. The van der Waals surface area contributed by atoms with E-state index in [1.165, 1.54) is 14.2 Å². The van der Waals surface area contributed by atoms with Gasteiger partial charge in [0.1, 0.15) is 5.82 Å². The lowest BCUT2D eigenvalue weighted by Gasteiger charge is -2.27. The molecule has 0 unspecified atom stereocenters. The van der Waals surface area contributed by atoms with Crippen LogP contribution in [0.4, 0.5) is 5.95 Å². The smallest absolute Gasteiger partial charge is 0.227 e. The van der Waals surface area contributed by atoms with Gasteiger partial charge in [-0.05, 0) is 47.3 Å². The second-order valence-electron chi connectivity index (χ2n) is 5.08. The van der Waals surface area contributed by atoms with Crippen LogP contribution in [0.2, 0.25) is 0 Å². The molecule has 0 N–H and O–H groups in total. The number of thiophene rings is 1. The Kier molecular flexibility index (Phi) is 4.12. The Labute approximate surface area is 131 Å². The van der Waals surface area contributed by atoms with Crippen molar-refractivity contribution in [1.82, 2.24) is 14.8 Å². The number of hydrogen-bond acceptors (Lipinski definition) is 4. The minimum atomic E-state index is 0.939. The SMILES string of the molecule is CCCc1nnc(N2CCc3sc(Br)cc3C2)n1CC. The van der Waals surface area contributed by atoms with Crippen molar-refractivity contribution in [2.45, 2.75) is 46.2 Å². The number of hydrogen-bond donors (Lipinski definition) is 0. The first-order chi connectivity index (χ1) is 9.72. The van der Waals surface area contributed by atoms with Gasteiger partial charge in [0.25, 0.3) is 0 Å². The molecule has 108 valence electrons. The summed E-state index contributed by atoms with van der Waals surface area (Å²) in [5.74, 6) is 2.14. The van der Waals surface area contributed by atoms with Crippen molar-refractivity contribution in [3.05, 3.63) is 26.1 Å². The van der Waals surface area contributed by atoms with Gasteiger partial charge in [-0.1, -0.05) is 6.92 Å². The van der Waals surface area contributed by atoms with Gasteiger partial charge in [-0.15, -0.1) is 21.5 Å². The number of anilines is 1. The Hall–Kier alpha value is -0.880. The van der Waals surface area contributed by atoms with Crippen molar-refractivity contribution in [1.29, 1.82) is 0 Å². The van der Waals surface area contributed by atoms with Crippen LogP contribution in [0.25, 0.3) is 0 Å². The van der Waals surface area contributed by atoms with Crippen molar-refractivity contribution < 1.29 is 0 Å². The Morgan fingerprint density at radius 2 is 2.20 bits per heavy atom. The molecule has 0 saturated heterocycles. The molecule has 4 nitrogen and oxygen atoms in total. The third-order valence-corrected chi connectivity index (χ3v) is 5.46. The molecule has 2 aromatic heterocycles. The first-order valence-electron chi connectivity index (χ1n) is 7.17. The molecule has 1 aliphatic rings. The maximum absolute atomic E-state index is 4.44. The first kappa shape index (κ1) is 14.1. The first-order valence-corrected chi connectivity index (χ1v) is 8.78. The van der Waals surface area contributed by atoms with Gasteiger partial charge >= 0.3 is 0 Å². The molecule has 0 saturated carbocycles. The van der Waals surface area contributed by atoms with E-state index in [-0.39, 0.29) is 0 Å². The number of halogens is 1. The van der Waals surface area contributed by atoms with Gasteiger partial charge in [0.15, 0.2) is 0 Å². The highest BCUT2D eigenvalue weighted by Gasteiger charge is 2.23. The minimum Gasteiger partial charge on any atom is -0.336 e. The van der Waals surface area contributed by atoms with Crippen molar-refractivity contribution >= 4 is 33.2 Å². The molecule has 6 heteroatoms. The number of fused-ring (bicyclic) bond motifs is 1. The largest absolute Gasteiger partial charge is 0.336 e. The molecule has 0 atom stereocenters. The molecule has 3 heterocycles. The van der Waals surface area contributed by atoms with Crippen LogP contribution in [0.1, 0.15) is 36.5 Å². The van der Waals surface area contributed by atoms with E-state index in [4.69, 9.17) is 0 Å². The highest BCUT2D eigenvalue weighted by molar-refractivity contribution is 9.11. The molecular formula is C14H19BrN4S. The number of aromatic nitrogens is 3. The fraction of sp³-hybridized carbons (Fsp3) is 0.571. The van der Waals surface area contributed by atoms with Gasteiger partial charge in [0.2, 0.25) is 5.95 Å².